The number of non-ortho nitro benzene ring substituents is 1. The quantitative estimate of drug-likeness (QED) is 0.00496. The van der Waals surface area contributed by atoms with Gasteiger partial charge in [0.05, 0.1) is 68.2 Å². The fourth-order valence-electron chi connectivity index (χ4n) is 13.5. The van der Waals surface area contributed by atoms with E-state index < -0.39 is 88.7 Å². The second-order valence-electron chi connectivity index (χ2n) is 30.4. The molecule has 10 atom stereocenters. The van der Waals surface area contributed by atoms with Gasteiger partial charge in [-0.1, -0.05) is 64.8 Å². The highest BCUT2D eigenvalue weighted by atomic mass is 32.2. The van der Waals surface area contributed by atoms with Crippen LogP contribution in [-0.4, -0.2) is 199 Å². The predicted molar refractivity (Wildman–Crippen MR) is 454 cm³/mol. The Morgan fingerprint density at radius 1 is 0.508 bits per heavy atom. The van der Waals surface area contributed by atoms with Crippen LogP contribution in [-0.2, 0) is 80.1 Å². The number of hydrogen-bond acceptors (Lipinski definition) is 26. The highest BCUT2D eigenvalue weighted by Gasteiger charge is 2.44. The van der Waals surface area contributed by atoms with Gasteiger partial charge in [0.15, 0.2) is 11.6 Å². The first-order chi connectivity index (χ1) is 58.2. The molecule has 0 radical (unpaired) electrons. The van der Waals surface area contributed by atoms with Crippen LogP contribution in [0.5, 0.6) is 5.75 Å². The summed E-state index contributed by atoms with van der Waals surface area (Å²) in [6.45, 7) is 8.12. The van der Waals surface area contributed by atoms with E-state index in [9.17, 15) is 86.8 Å². The summed E-state index contributed by atoms with van der Waals surface area (Å²) in [6, 6.07) is 15.5. The third-order valence-electron chi connectivity index (χ3n) is 20.2. The Labute approximate surface area is 717 Å². The average molecular weight is 1750 g/mol. The number of ether oxygens (including phenoxy) is 5. The maximum atomic E-state index is 13.4. The van der Waals surface area contributed by atoms with Crippen molar-refractivity contribution in [3.63, 3.8) is 0 Å². The van der Waals surface area contributed by atoms with Crippen LogP contribution in [0.1, 0.15) is 180 Å². The molecular weight excluding hydrogens is 1630 g/mol. The molecule has 8 unspecified atom stereocenters. The molecule has 0 spiro atoms. The third-order valence-corrected chi connectivity index (χ3v) is 23.2. The number of ketones is 4. The van der Waals surface area contributed by atoms with E-state index in [0.717, 1.165) is 56.5 Å². The molecule has 4 fully saturated rings. The number of thioether (sulfide) groups is 2. The second kappa shape index (κ2) is 55.0. The topological polar surface area (TPSA) is 573 Å². The molecule has 3 aromatic carbocycles. The molecule has 672 valence electrons. The number of benzene rings is 3. The minimum atomic E-state index is -1.02. The SMILES string of the molecule is COC(=O)CCC(=O)NC(C(=O)C[C@@H](CCCNC(N)=O)C(=O)Nc1ccc(COC(=O)NCCCC(=O)CCCCC2SCC3NC(=O)NC32)cc1)C(C)C.COC(=O)CCC(=O)NC(C(=O)C[C@@H](CCCNC(N)=O)C(=O)Nc1ccc(COC(=O)Oc2ccc([N+](=O)[O-])cc2)cc1)C(C)C.NCCCC(=O)CCCCC1SCC2NC(=O)NC21. The number of carbonyl (C=O) groups excluding carboxylic acids is 16. The number of urea groups is 4. The number of nitro benzene ring substituents is 1. The van der Waals surface area contributed by atoms with Gasteiger partial charge >= 0.3 is 48.3 Å². The standard InChI is InChI=1S/C38H57N7O10S.C31H39N5O11.C13H23N3O2S/c1-23(2)33(44-31(48)16-17-32(49)54-3)29(47)20-25(8-6-18-40-36(39)51)35(50)42-26-14-12-24(13-15-26)21-55-38(53)41-19-7-10-27(46)9-4-5-11-30-34-28(22-56-30)43-37(52)45-34;1-19(2)28(35-26(38)14-15-27(39)45-3)25(37)17-21(5-4-16-33-30(32)41)29(40)34-22-8-6-20(7-9-22)18-46-31(42)47-24-12-10-23(11-13-24)36(43)44;14-7-3-5-9(17)4-1-2-6-11-12-10(8-19-11)15-13(18)16-12/h12-15,23,25,28,30,33-34H,4-11,16-22H2,1-3H3,(H,41,53)(H,42,50)(H,44,48)(H3,39,40,51)(H2,43,45,52);6-13,19,21,28H,4-5,14-18H2,1-3H3,(H,34,40)(H,35,38)(H3,32,33,41);10-12H,1-8,14H2,(H2,15,16,18)/t25-,28?,30?,33?,34?;21-,28?;/m11./s1. The fourth-order valence-corrected chi connectivity index (χ4v) is 16.6. The summed E-state index contributed by atoms with van der Waals surface area (Å²) < 4.78 is 24.5. The molecule has 0 saturated carbocycles. The van der Waals surface area contributed by atoms with Crippen LogP contribution in [0.15, 0.2) is 72.8 Å². The van der Waals surface area contributed by atoms with E-state index in [1.54, 1.807) is 76.2 Å². The number of amides is 13. The molecule has 7 rings (SSSR count). The summed E-state index contributed by atoms with van der Waals surface area (Å²) in [5.41, 5.74) is 17.6. The number of nitrogens with two attached hydrogens (primary N) is 3. The Hall–Kier alpha value is -11.2. The molecule has 4 aliphatic heterocycles. The lowest BCUT2D eigenvalue weighted by Crippen LogP contribution is -2.45. The van der Waals surface area contributed by atoms with Gasteiger partial charge in [0.2, 0.25) is 23.6 Å². The van der Waals surface area contributed by atoms with Crippen molar-refractivity contribution >= 4 is 136 Å². The first kappa shape index (κ1) is 101. The number of rotatable bonds is 51. The highest BCUT2D eigenvalue weighted by Crippen LogP contribution is 2.35. The molecule has 122 heavy (non-hydrogen) atoms. The van der Waals surface area contributed by atoms with Crippen molar-refractivity contribution in [2.45, 2.75) is 229 Å². The lowest BCUT2D eigenvalue weighted by molar-refractivity contribution is -0.384. The van der Waals surface area contributed by atoms with Gasteiger partial charge in [-0.05, 0) is 130 Å². The number of nitrogens with zero attached hydrogens (tertiary/aromatic N) is 1. The molecule has 3 aromatic rings. The maximum Gasteiger partial charge on any atom is 0.514 e. The summed E-state index contributed by atoms with van der Waals surface area (Å²) in [5, 5.41) is 41.9. The molecule has 0 aliphatic carbocycles. The first-order valence-electron chi connectivity index (χ1n) is 41.0. The van der Waals surface area contributed by atoms with Crippen LogP contribution in [0.25, 0.3) is 0 Å². The van der Waals surface area contributed by atoms with Crippen molar-refractivity contribution in [2.24, 2.45) is 40.9 Å². The van der Waals surface area contributed by atoms with E-state index in [-0.39, 0.29) is 148 Å². The summed E-state index contributed by atoms with van der Waals surface area (Å²) in [7, 11) is 2.43. The number of unbranched alkanes of at least 4 members (excludes halogenated alkanes) is 2. The molecule has 0 aromatic heterocycles. The van der Waals surface area contributed by atoms with Crippen LogP contribution >= 0.6 is 23.5 Å². The van der Waals surface area contributed by atoms with Crippen LogP contribution in [0.2, 0.25) is 0 Å². The highest BCUT2D eigenvalue weighted by molar-refractivity contribution is 8.00. The van der Waals surface area contributed by atoms with Crippen molar-refractivity contribution in [1.29, 1.82) is 0 Å². The summed E-state index contributed by atoms with van der Waals surface area (Å²) in [6.07, 6.45) is 7.81. The van der Waals surface area contributed by atoms with Gasteiger partial charge < -0.3 is 99.4 Å². The molecular formula is C82H119N15O23S2. The molecule has 13 amide bonds. The molecule has 17 N–H and O–H groups in total. The largest absolute Gasteiger partial charge is 0.514 e. The maximum absolute atomic E-state index is 13.4. The van der Waals surface area contributed by atoms with Crippen molar-refractivity contribution < 1.29 is 105 Å². The smallest absolute Gasteiger partial charge is 0.469 e. The van der Waals surface area contributed by atoms with E-state index in [1.807, 2.05) is 23.5 Å². The number of carbonyl (C=O) groups is 16. The number of nitrogens with one attached hydrogen (secondary N) is 11. The monoisotopic (exact) mass is 1750 g/mol. The van der Waals surface area contributed by atoms with Gasteiger partial charge in [-0.2, -0.15) is 23.5 Å². The lowest BCUT2D eigenvalue weighted by Gasteiger charge is -2.24. The average Bonchev–Trinajstić information content (AvgIpc) is 1.67. The second-order valence-corrected chi connectivity index (χ2v) is 33.0. The zero-order chi connectivity index (χ0) is 89.6. The minimum Gasteiger partial charge on any atom is -0.469 e. The fraction of sp³-hybridized carbons (Fsp3) is 0.585. The predicted octanol–water partition coefficient (Wildman–Crippen LogP) is 7.43. The van der Waals surface area contributed by atoms with E-state index in [1.165, 1.54) is 38.5 Å². The molecule has 4 saturated heterocycles. The number of primary amides is 2. The van der Waals surface area contributed by atoms with E-state index in [4.69, 9.17) is 31.4 Å². The number of methoxy groups -OCH3 is 2. The van der Waals surface area contributed by atoms with Crippen LogP contribution in [0.3, 0.4) is 0 Å². The Kier molecular flexibility index (Phi) is 45.7. The molecule has 0 bridgehead atoms. The Morgan fingerprint density at radius 2 is 0.918 bits per heavy atom. The molecule has 40 heteroatoms. The van der Waals surface area contributed by atoms with Crippen LogP contribution < -0.4 is 80.4 Å². The van der Waals surface area contributed by atoms with Gasteiger partial charge in [0.1, 0.15) is 30.5 Å². The van der Waals surface area contributed by atoms with Crippen molar-refractivity contribution in [2.75, 3.05) is 62.5 Å². The van der Waals surface area contributed by atoms with Crippen LogP contribution in [0.4, 0.5) is 45.8 Å². The van der Waals surface area contributed by atoms with Gasteiger partial charge in [0, 0.05) is 128 Å². The normalized spacial score (nSPS) is 17.4. The van der Waals surface area contributed by atoms with E-state index >= 15 is 0 Å². The number of anilines is 2. The van der Waals surface area contributed by atoms with Crippen molar-refractivity contribution in [3.05, 3.63) is 94.0 Å². The zero-order valence-corrected chi connectivity index (χ0v) is 71.6. The van der Waals surface area contributed by atoms with Gasteiger partial charge in [-0.3, -0.25) is 58.1 Å². The summed E-state index contributed by atoms with van der Waals surface area (Å²) in [5.74, 6) is -3.45. The van der Waals surface area contributed by atoms with E-state index in [0.29, 0.717) is 103 Å². The zero-order valence-electron chi connectivity index (χ0n) is 70.0. The van der Waals surface area contributed by atoms with Gasteiger partial charge in [-0.25, -0.2) is 28.8 Å². The number of fused-ring (bicyclic) bond motifs is 2. The van der Waals surface area contributed by atoms with Crippen molar-refractivity contribution in [1.82, 2.24) is 47.9 Å². The van der Waals surface area contributed by atoms with E-state index in [2.05, 4.69) is 68.0 Å². The minimum absolute atomic E-state index is 0.0223. The number of alkyl carbamates (subject to hydrolysis) is 1. The number of hydrogen-bond donors (Lipinski definition) is 14. The first-order valence-corrected chi connectivity index (χ1v) is 43.1. The Balaban J connectivity index is 0.000000360. The Morgan fingerprint density at radius 3 is 1.32 bits per heavy atom. The molecule has 4 aliphatic rings. The van der Waals surface area contributed by atoms with Gasteiger partial charge in [0.25, 0.3) is 5.69 Å². The van der Waals surface area contributed by atoms with Crippen LogP contribution in [0, 0.1) is 33.8 Å². The summed E-state index contributed by atoms with van der Waals surface area (Å²) >= 11 is 3.79. The Bertz CT molecular complexity index is 3990. The van der Waals surface area contributed by atoms with Crippen molar-refractivity contribution in [3.8, 4) is 5.75 Å². The number of esters is 2. The molecule has 38 nitrogen and oxygen atoms in total. The summed E-state index contributed by atoms with van der Waals surface area (Å²) in [4.78, 5) is 204. The third kappa shape index (κ3) is 39.1. The molecule has 4 heterocycles. The number of Topliss-reactive ketones (excluding diaryl/α,β-unsaturated/α-hetero) is 4. The number of nitro groups is 1. The van der Waals surface area contributed by atoms with Gasteiger partial charge in [-0.15, -0.1) is 0 Å². The lowest BCUT2D eigenvalue weighted by atomic mass is 9.89.